The zero-order valence-electron chi connectivity index (χ0n) is 21.7. The fourth-order valence-electron chi connectivity index (χ4n) is 4.08. The number of aromatic nitrogens is 3. The molecule has 2 aromatic rings. The minimum absolute atomic E-state index is 0.0563. The summed E-state index contributed by atoms with van der Waals surface area (Å²) in [5.41, 5.74) is 5.03. The molecule has 0 aliphatic carbocycles. The summed E-state index contributed by atoms with van der Waals surface area (Å²) >= 11 is 0. The van der Waals surface area contributed by atoms with Crippen LogP contribution in [0, 0.1) is 5.92 Å². The van der Waals surface area contributed by atoms with Crippen LogP contribution in [0.25, 0.3) is 0 Å². The summed E-state index contributed by atoms with van der Waals surface area (Å²) < 4.78 is 2.77. The number of aryl methyl sites for hydroxylation is 1. The first-order valence-corrected chi connectivity index (χ1v) is 12.5. The molecule has 11 nitrogen and oxygen atoms in total. The molecule has 0 fully saturated rings. The van der Waals surface area contributed by atoms with E-state index in [-0.39, 0.29) is 42.8 Å². The lowest BCUT2D eigenvalue weighted by Crippen LogP contribution is -2.44. The number of aliphatic hydroxyl groups excluding tert-OH is 1. The van der Waals surface area contributed by atoms with Gasteiger partial charge in [-0.25, -0.2) is 4.98 Å². The number of Topliss-reactive ketones (excluding diaryl/α,β-unsaturated/α-hetero) is 2. The average Bonchev–Trinajstić information content (AvgIpc) is 3.30. The van der Waals surface area contributed by atoms with E-state index in [9.17, 15) is 29.1 Å². The molecule has 4 N–H and O–H groups in total. The minimum atomic E-state index is -1.48. The Kier molecular flexibility index (Phi) is 11.4. The number of nitrogens with zero attached hydrogens (tertiary/aromatic N) is 3. The molecule has 2 heterocycles. The molecule has 2 aromatic heterocycles. The molecule has 2 amide bonds. The van der Waals surface area contributed by atoms with Gasteiger partial charge < -0.3 is 25.3 Å². The summed E-state index contributed by atoms with van der Waals surface area (Å²) in [5, 5.41) is 12.4. The SMILES string of the molecule is CCC(CC)CCC(=O)Cn1cccc(CC(=O)[C@H](CCC(O)C(N)=O)NC(=O)c2cncn2C)c1=O. The Hall–Kier alpha value is -3.60. The second-order valence-corrected chi connectivity index (χ2v) is 9.28. The first kappa shape index (κ1) is 29.6. The van der Waals surface area contributed by atoms with Gasteiger partial charge in [-0.3, -0.25) is 24.0 Å². The normalized spacial score (nSPS) is 12.8. The highest BCUT2D eigenvalue weighted by atomic mass is 16.3. The summed E-state index contributed by atoms with van der Waals surface area (Å²) in [6.45, 7) is 4.10. The number of carbonyl (C=O) groups excluding carboxylic acids is 4. The third-order valence-corrected chi connectivity index (χ3v) is 6.60. The number of primary amides is 1. The number of hydrogen-bond donors (Lipinski definition) is 3. The largest absolute Gasteiger partial charge is 0.383 e. The highest BCUT2D eigenvalue weighted by molar-refractivity contribution is 5.97. The van der Waals surface area contributed by atoms with Gasteiger partial charge in [-0.1, -0.05) is 32.8 Å². The Morgan fingerprint density at radius 1 is 1.14 bits per heavy atom. The molecule has 11 heteroatoms. The molecule has 0 aliphatic heterocycles. The van der Waals surface area contributed by atoms with Crippen LogP contribution in [0.15, 0.2) is 35.6 Å². The van der Waals surface area contributed by atoms with Crippen LogP contribution in [0.1, 0.15) is 68.4 Å². The number of carbonyl (C=O) groups is 4. The molecule has 202 valence electrons. The quantitative estimate of drug-likeness (QED) is 0.299. The first-order valence-electron chi connectivity index (χ1n) is 12.5. The third-order valence-electron chi connectivity index (χ3n) is 6.60. The lowest BCUT2D eigenvalue weighted by atomic mass is 9.96. The van der Waals surface area contributed by atoms with E-state index in [0.29, 0.717) is 12.3 Å². The number of pyridine rings is 1. The second-order valence-electron chi connectivity index (χ2n) is 9.28. The van der Waals surface area contributed by atoms with Crippen molar-refractivity contribution in [1.29, 1.82) is 0 Å². The second kappa shape index (κ2) is 14.2. The number of nitrogens with two attached hydrogens (primary N) is 1. The van der Waals surface area contributed by atoms with Gasteiger partial charge in [-0.05, 0) is 31.2 Å². The van der Waals surface area contributed by atoms with Crippen LogP contribution in [-0.2, 0) is 34.4 Å². The lowest BCUT2D eigenvalue weighted by molar-refractivity contribution is -0.127. The lowest BCUT2D eigenvalue weighted by Gasteiger charge is -2.19. The molecule has 1 unspecified atom stereocenters. The minimum Gasteiger partial charge on any atom is -0.383 e. The summed E-state index contributed by atoms with van der Waals surface area (Å²) in [6, 6.07) is 2.01. The molecular formula is C26H37N5O6. The average molecular weight is 516 g/mol. The highest BCUT2D eigenvalue weighted by Gasteiger charge is 2.25. The molecular weight excluding hydrogens is 478 g/mol. The van der Waals surface area contributed by atoms with E-state index < -0.39 is 35.3 Å². The van der Waals surface area contributed by atoms with Crippen molar-refractivity contribution < 1.29 is 24.3 Å². The summed E-state index contributed by atoms with van der Waals surface area (Å²) in [6.07, 6.45) is 5.42. The fourth-order valence-corrected chi connectivity index (χ4v) is 4.08. The smallest absolute Gasteiger partial charge is 0.270 e. The molecule has 0 spiro atoms. The van der Waals surface area contributed by atoms with Crippen LogP contribution in [0.5, 0.6) is 0 Å². The number of nitrogens with one attached hydrogen (secondary N) is 1. The summed E-state index contributed by atoms with van der Waals surface area (Å²) in [4.78, 5) is 66.4. The van der Waals surface area contributed by atoms with Crippen LogP contribution in [0.2, 0.25) is 0 Å². The number of hydrogen-bond acceptors (Lipinski definition) is 7. The van der Waals surface area contributed by atoms with E-state index in [1.165, 1.54) is 33.9 Å². The van der Waals surface area contributed by atoms with Crippen molar-refractivity contribution >= 4 is 23.4 Å². The van der Waals surface area contributed by atoms with Gasteiger partial charge in [0.2, 0.25) is 5.91 Å². The van der Waals surface area contributed by atoms with Gasteiger partial charge >= 0.3 is 0 Å². The van der Waals surface area contributed by atoms with Crippen LogP contribution in [0.4, 0.5) is 0 Å². The number of amides is 2. The van der Waals surface area contributed by atoms with Crippen molar-refractivity contribution in [3.63, 3.8) is 0 Å². The molecule has 37 heavy (non-hydrogen) atoms. The number of rotatable bonds is 16. The van der Waals surface area contributed by atoms with Crippen molar-refractivity contribution in [2.24, 2.45) is 18.7 Å². The number of ketones is 2. The van der Waals surface area contributed by atoms with Gasteiger partial charge in [0.05, 0.1) is 25.1 Å². The molecule has 0 radical (unpaired) electrons. The Balaban J connectivity index is 2.15. The monoisotopic (exact) mass is 515 g/mol. The van der Waals surface area contributed by atoms with Crippen molar-refractivity contribution in [1.82, 2.24) is 19.4 Å². The zero-order chi connectivity index (χ0) is 27.5. The van der Waals surface area contributed by atoms with E-state index in [1.807, 2.05) is 0 Å². The maximum Gasteiger partial charge on any atom is 0.270 e. The Bertz CT molecular complexity index is 1150. The molecule has 0 aliphatic rings. The summed E-state index contributed by atoms with van der Waals surface area (Å²) in [5.74, 6) is -1.58. The van der Waals surface area contributed by atoms with Crippen LogP contribution in [-0.4, -0.2) is 54.8 Å². The Labute approximate surface area is 216 Å². The maximum atomic E-state index is 13.2. The zero-order valence-corrected chi connectivity index (χ0v) is 21.7. The maximum absolute atomic E-state index is 13.2. The van der Waals surface area contributed by atoms with Gasteiger partial charge in [0, 0.05) is 31.6 Å². The molecule has 0 aromatic carbocycles. The molecule has 0 saturated heterocycles. The Morgan fingerprint density at radius 2 is 1.84 bits per heavy atom. The Morgan fingerprint density at radius 3 is 2.43 bits per heavy atom. The van der Waals surface area contributed by atoms with Crippen LogP contribution >= 0.6 is 0 Å². The van der Waals surface area contributed by atoms with E-state index in [2.05, 4.69) is 24.1 Å². The molecule has 2 rings (SSSR count). The van der Waals surface area contributed by atoms with Crippen molar-refractivity contribution in [2.45, 2.75) is 77.5 Å². The van der Waals surface area contributed by atoms with Gasteiger partial charge in [-0.15, -0.1) is 0 Å². The van der Waals surface area contributed by atoms with E-state index in [4.69, 9.17) is 5.73 Å². The summed E-state index contributed by atoms with van der Waals surface area (Å²) in [7, 11) is 1.62. The molecule has 0 saturated carbocycles. The van der Waals surface area contributed by atoms with Crippen molar-refractivity contribution in [2.75, 3.05) is 0 Å². The highest BCUT2D eigenvalue weighted by Crippen LogP contribution is 2.15. The van der Waals surface area contributed by atoms with Gasteiger partial charge in [0.25, 0.3) is 11.5 Å². The van der Waals surface area contributed by atoms with E-state index >= 15 is 0 Å². The fraction of sp³-hybridized carbons (Fsp3) is 0.538. The third kappa shape index (κ3) is 8.78. The molecule has 0 bridgehead atoms. The van der Waals surface area contributed by atoms with E-state index in [0.717, 1.165) is 19.3 Å². The molecule has 2 atom stereocenters. The van der Waals surface area contributed by atoms with E-state index in [1.54, 1.807) is 13.1 Å². The van der Waals surface area contributed by atoms with Crippen LogP contribution in [0.3, 0.4) is 0 Å². The van der Waals surface area contributed by atoms with Gasteiger partial charge in [-0.2, -0.15) is 0 Å². The van der Waals surface area contributed by atoms with Crippen LogP contribution < -0.4 is 16.6 Å². The standard InChI is InChI=1S/C26H37N5O6/c1-4-17(5-2)8-9-19(32)15-31-12-6-7-18(26(31)37)13-23(34)20(10-11-22(33)24(27)35)29-25(36)21-14-28-16-30(21)3/h6-7,12,14,16-17,20,22,33H,4-5,8-11,13,15H2,1-3H3,(H2,27,35)(H,29,36)/t20-,22?/m0/s1. The van der Waals surface area contributed by atoms with Crippen molar-refractivity contribution in [3.05, 3.63) is 52.5 Å². The van der Waals surface area contributed by atoms with Crippen molar-refractivity contribution in [3.8, 4) is 0 Å². The van der Waals surface area contributed by atoms with Gasteiger partial charge in [0.15, 0.2) is 11.6 Å². The number of imidazole rings is 1. The number of aliphatic hydroxyl groups is 1. The topological polar surface area (TPSA) is 166 Å². The predicted molar refractivity (Wildman–Crippen MR) is 137 cm³/mol. The van der Waals surface area contributed by atoms with Gasteiger partial charge in [0.1, 0.15) is 11.8 Å². The first-order chi connectivity index (χ1) is 17.6. The predicted octanol–water partition coefficient (Wildman–Crippen LogP) is 0.904.